The van der Waals surface area contributed by atoms with E-state index in [-0.39, 0.29) is 5.41 Å². The second kappa shape index (κ2) is 9.68. The number of nitrogens with zero attached hydrogens (tertiary/aromatic N) is 4. The second-order valence-corrected chi connectivity index (χ2v) is 13.9. The molecule has 0 unspecified atom stereocenters. The average molecular weight is 621 g/mol. The van der Waals surface area contributed by atoms with E-state index in [1.54, 1.807) is 0 Å². The van der Waals surface area contributed by atoms with Crippen LogP contribution in [-0.2, 0) is 5.41 Å². The number of benzene rings is 6. The Labute approximate surface area is 275 Å². The van der Waals surface area contributed by atoms with Gasteiger partial charge in [-0.15, -0.1) is 11.3 Å². The van der Waals surface area contributed by atoms with E-state index in [0.29, 0.717) is 5.95 Å². The molecule has 0 radical (unpaired) electrons. The summed E-state index contributed by atoms with van der Waals surface area (Å²) in [5.74, 6) is 0.657. The molecular formula is C42H28N4S. The molecule has 0 N–H and O–H groups in total. The van der Waals surface area contributed by atoms with Crippen LogP contribution in [0, 0.1) is 0 Å². The van der Waals surface area contributed by atoms with Crippen molar-refractivity contribution in [2.24, 2.45) is 0 Å². The van der Waals surface area contributed by atoms with Crippen molar-refractivity contribution in [3.8, 4) is 11.3 Å². The van der Waals surface area contributed by atoms with Crippen molar-refractivity contribution in [2.75, 3.05) is 4.90 Å². The molecule has 0 amide bonds. The first-order valence-corrected chi connectivity index (χ1v) is 16.8. The van der Waals surface area contributed by atoms with Gasteiger partial charge in [-0.05, 0) is 63.0 Å². The van der Waals surface area contributed by atoms with Crippen LogP contribution in [0.5, 0.6) is 0 Å². The molecule has 4 nitrogen and oxygen atoms in total. The Kier molecular flexibility index (Phi) is 5.47. The Morgan fingerprint density at radius 2 is 1.38 bits per heavy atom. The van der Waals surface area contributed by atoms with Gasteiger partial charge in [0.1, 0.15) is 0 Å². The van der Waals surface area contributed by atoms with E-state index in [4.69, 9.17) is 9.97 Å². The molecule has 0 fully saturated rings. The fourth-order valence-electron chi connectivity index (χ4n) is 7.85. The van der Waals surface area contributed by atoms with Crippen molar-refractivity contribution in [1.82, 2.24) is 15.0 Å². The van der Waals surface area contributed by atoms with Crippen LogP contribution in [0.3, 0.4) is 0 Å². The lowest BCUT2D eigenvalue weighted by molar-refractivity contribution is 0.638. The number of para-hydroxylation sites is 1. The standard InChI is InChI=1S/C42H28N4S/c1-42(2)31-18-8-9-19-33(31)46(39-37(42)29-16-6-5-15-28(29)35-30-17-7-10-20-34(30)47-40(35)39)41-44-32-22-21-25-12-3-4-14-27(25)36(32)38(45-41)26-13-11-23-43-24-26/h3-24H,1-2H3. The Morgan fingerprint density at radius 3 is 2.23 bits per heavy atom. The Hall–Kier alpha value is -5.65. The number of fused-ring (bicyclic) bond motifs is 12. The maximum Gasteiger partial charge on any atom is 0.235 e. The molecule has 0 aliphatic carbocycles. The van der Waals surface area contributed by atoms with E-state index in [2.05, 4.69) is 139 Å². The van der Waals surface area contributed by atoms with E-state index < -0.39 is 0 Å². The molecule has 0 bridgehead atoms. The van der Waals surface area contributed by atoms with Crippen LogP contribution in [0.25, 0.3) is 63.9 Å². The van der Waals surface area contributed by atoms with Crippen molar-refractivity contribution >= 4 is 81.3 Å². The summed E-state index contributed by atoms with van der Waals surface area (Å²) in [7, 11) is 0. The van der Waals surface area contributed by atoms with Gasteiger partial charge >= 0.3 is 0 Å². The summed E-state index contributed by atoms with van der Waals surface area (Å²) in [5, 5.41) is 8.46. The van der Waals surface area contributed by atoms with Gasteiger partial charge in [0, 0.05) is 44.2 Å². The minimum Gasteiger partial charge on any atom is -0.277 e. The number of hydrogen-bond donors (Lipinski definition) is 0. The highest BCUT2D eigenvalue weighted by Gasteiger charge is 2.41. The van der Waals surface area contributed by atoms with Crippen LogP contribution in [0.4, 0.5) is 17.3 Å². The van der Waals surface area contributed by atoms with Gasteiger partial charge in [0.15, 0.2) is 0 Å². The van der Waals surface area contributed by atoms with E-state index in [9.17, 15) is 0 Å². The van der Waals surface area contributed by atoms with Gasteiger partial charge in [-0.3, -0.25) is 9.88 Å². The average Bonchev–Trinajstić information content (AvgIpc) is 3.51. The van der Waals surface area contributed by atoms with Crippen LogP contribution in [0.1, 0.15) is 25.0 Å². The number of hydrogen-bond acceptors (Lipinski definition) is 5. The zero-order chi connectivity index (χ0) is 31.3. The first-order valence-electron chi connectivity index (χ1n) is 16.0. The normalized spacial score (nSPS) is 13.9. The number of aromatic nitrogens is 3. The van der Waals surface area contributed by atoms with Gasteiger partial charge < -0.3 is 0 Å². The first-order chi connectivity index (χ1) is 23.1. The summed E-state index contributed by atoms with van der Waals surface area (Å²) in [4.78, 5) is 17.8. The largest absolute Gasteiger partial charge is 0.277 e. The summed E-state index contributed by atoms with van der Waals surface area (Å²) >= 11 is 1.86. The third kappa shape index (κ3) is 3.66. The topological polar surface area (TPSA) is 41.9 Å². The van der Waals surface area contributed by atoms with Crippen LogP contribution >= 0.6 is 11.3 Å². The molecule has 0 saturated carbocycles. The maximum absolute atomic E-state index is 5.51. The molecule has 9 aromatic rings. The smallest absolute Gasteiger partial charge is 0.235 e. The van der Waals surface area contributed by atoms with Crippen molar-refractivity contribution in [3.63, 3.8) is 0 Å². The first kappa shape index (κ1) is 26.6. The molecule has 10 rings (SSSR count). The van der Waals surface area contributed by atoms with Crippen molar-refractivity contribution < 1.29 is 0 Å². The monoisotopic (exact) mass is 620 g/mol. The van der Waals surface area contributed by atoms with Gasteiger partial charge in [-0.1, -0.05) is 105 Å². The van der Waals surface area contributed by atoms with Gasteiger partial charge in [-0.25, -0.2) is 9.97 Å². The molecule has 4 heterocycles. The Balaban J connectivity index is 1.40. The summed E-state index contributed by atoms with van der Waals surface area (Å²) < 4.78 is 2.53. The Morgan fingerprint density at radius 1 is 0.638 bits per heavy atom. The highest BCUT2D eigenvalue weighted by Crippen LogP contribution is 2.58. The molecule has 0 saturated heterocycles. The van der Waals surface area contributed by atoms with E-state index in [1.807, 2.05) is 29.8 Å². The fraction of sp³-hybridized carbons (Fsp3) is 0.0714. The summed E-state index contributed by atoms with van der Waals surface area (Å²) in [6.45, 7) is 4.73. The van der Waals surface area contributed by atoms with E-state index >= 15 is 0 Å². The molecule has 47 heavy (non-hydrogen) atoms. The fourth-order valence-corrected chi connectivity index (χ4v) is 9.11. The highest BCUT2D eigenvalue weighted by atomic mass is 32.1. The van der Waals surface area contributed by atoms with Gasteiger partial charge in [0.2, 0.25) is 5.95 Å². The highest BCUT2D eigenvalue weighted by molar-refractivity contribution is 7.26. The number of thiophene rings is 1. The second-order valence-electron chi connectivity index (χ2n) is 12.8. The van der Waals surface area contributed by atoms with Crippen molar-refractivity contribution in [3.05, 3.63) is 145 Å². The zero-order valence-electron chi connectivity index (χ0n) is 25.9. The predicted octanol–water partition coefficient (Wildman–Crippen LogP) is 11.5. The van der Waals surface area contributed by atoms with Crippen LogP contribution in [-0.4, -0.2) is 15.0 Å². The molecule has 1 aliphatic heterocycles. The quantitative estimate of drug-likeness (QED) is 0.180. The minimum atomic E-state index is -0.272. The van der Waals surface area contributed by atoms with E-state index in [1.165, 1.54) is 47.8 Å². The van der Waals surface area contributed by atoms with Gasteiger partial charge in [0.25, 0.3) is 0 Å². The Bertz CT molecular complexity index is 2730. The summed E-state index contributed by atoms with van der Waals surface area (Å²) in [6, 6.07) is 43.4. The van der Waals surface area contributed by atoms with Crippen molar-refractivity contribution in [1.29, 1.82) is 0 Å². The third-order valence-electron chi connectivity index (χ3n) is 9.89. The van der Waals surface area contributed by atoms with Crippen LogP contribution in [0.15, 0.2) is 134 Å². The molecule has 5 heteroatoms. The number of anilines is 3. The minimum absolute atomic E-state index is 0.272. The lowest BCUT2D eigenvalue weighted by Crippen LogP contribution is -2.31. The predicted molar refractivity (Wildman–Crippen MR) is 197 cm³/mol. The van der Waals surface area contributed by atoms with Gasteiger partial charge in [-0.2, -0.15) is 0 Å². The molecule has 0 atom stereocenters. The molecule has 3 aromatic heterocycles. The lowest BCUT2D eigenvalue weighted by Gasteiger charge is -2.42. The van der Waals surface area contributed by atoms with Crippen molar-refractivity contribution in [2.45, 2.75) is 19.3 Å². The molecule has 0 spiro atoms. The molecular weight excluding hydrogens is 593 g/mol. The number of pyridine rings is 1. The third-order valence-corrected chi connectivity index (χ3v) is 11.1. The summed E-state index contributed by atoms with van der Waals surface area (Å²) in [5.41, 5.74) is 7.31. The van der Waals surface area contributed by atoms with Gasteiger partial charge in [0.05, 0.1) is 27.3 Å². The SMILES string of the molecule is CC1(C)c2ccccc2N(c2nc(-c3cccnc3)c3c(ccc4ccccc43)n2)c2c1c1ccccc1c1c2sc2ccccc21. The molecule has 222 valence electrons. The molecule has 1 aliphatic rings. The zero-order valence-corrected chi connectivity index (χ0v) is 26.7. The maximum atomic E-state index is 5.51. The van der Waals surface area contributed by atoms with Crippen LogP contribution < -0.4 is 4.90 Å². The lowest BCUT2D eigenvalue weighted by atomic mass is 9.71. The summed E-state index contributed by atoms with van der Waals surface area (Å²) in [6.07, 6.45) is 3.72. The van der Waals surface area contributed by atoms with Crippen LogP contribution in [0.2, 0.25) is 0 Å². The molecule has 6 aromatic carbocycles. The van der Waals surface area contributed by atoms with E-state index in [0.717, 1.165) is 38.6 Å². The number of rotatable bonds is 2.